The van der Waals surface area contributed by atoms with Crippen LogP contribution in [0.2, 0.25) is 5.02 Å². The molecule has 3 aromatic rings. The molecule has 0 fully saturated rings. The first-order valence-electron chi connectivity index (χ1n) is 7.81. The molecule has 2 N–H and O–H groups in total. The van der Waals surface area contributed by atoms with E-state index in [0.29, 0.717) is 29.2 Å². The van der Waals surface area contributed by atoms with E-state index in [1.54, 1.807) is 24.3 Å². The first-order valence-corrected chi connectivity index (χ1v) is 8.19. The lowest BCUT2D eigenvalue weighted by atomic mass is 10.2. The van der Waals surface area contributed by atoms with Crippen LogP contribution in [0.3, 0.4) is 0 Å². The predicted octanol–water partition coefficient (Wildman–Crippen LogP) is 3.51. The number of hydrogen-bond acceptors (Lipinski definition) is 4. The summed E-state index contributed by atoms with van der Waals surface area (Å²) in [6.07, 6.45) is -3.26. The molecule has 0 aliphatic rings. The number of carbonyl (C=O) groups is 1. The van der Waals surface area contributed by atoms with Crippen LogP contribution in [-0.2, 0) is 12.6 Å². The van der Waals surface area contributed by atoms with Crippen LogP contribution in [0.1, 0.15) is 21.9 Å². The monoisotopic (exact) mass is 395 g/mol. The summed E-state index contributed by atoms with van der Waals surface area (Å²) in [6.45, 7) is 0.159. The molecule has 0 unspecified atom stereocenters. The lowest BCUT2D eigenvalue weighted by Gasteiger charge is -2.08. The van der Waals surface area contributed by atoms with Crippen LogP contribution in [0.25, 0.3) is 11.4 Å². The van der Waals surface area contributed by atoms with Gasteiger partial charge in [0.15, 0.2) is 5.82 Å². The second-order valence-electron chi connectivity index (χ2n) is 5.55. The van der Waals surface area contributed by atoms with Gasteiger partial charge >= 0.3 is 6.18 Å². The van der Waals surface area contributed by atoms with Gasteiger partial charge in [-0.1, -0.05) is 11.6 Å². The van der Waals surface area contributed by atoms with Crippen molar-refractivity contribution in [1.29, 1.82) is 0 Å². The Morgan fingerprint density at radius 1 is 1.19 bits per heavy atom. The number of halogens is 4. The van der Waals surface area contributed by atoms with Crippen molar-refractivity contribution in [1.82, 2.24) is 25.5 Å². The fraction of sp³-hybridized carbons (Fsp3) is 0.176. The van der Waals surface area contributed by atoms with Crippen LogP contribution in [0.4, 0.5) is 13.2 Å². The molecule has 10 heteroatoms. The molecule has 0 saturated heterocycles. The molecule has 0 radical (unpaired) electrons. The molecule has 27 heavy (non-hydrogen) atoms. The van der Waals surface area contributed by atoms with Crippen molar-refractivity contribution in [3.63, 3.8) is 0 Å². The summed E-state index contributed by atoms with van der Waals surface area (Å²) in [4.78, 5) is 19.9. The minimum atomic E-state index is -4.53. The van der Waals surface area contributed by atoms with E-state index in [1.165, 1.54) is 0 Å². The highest BCUT2D eigenvalue weighted by Gasteiger charge is 2.31. The fourth-order valence-electron chi connectivity index (χ4n) is 2.25. The van der Waals surface area contributed by atoms with Gasteiger partial charge in [-0.05, 0) is 36.4 Å². The fourth-order valence-corrected chi connectivity index (χ4v) is 2.38. The number of nitrogens with one attached hydrogen (secondary N) is 2. The molecule has 2 aromatic heterocycles. The minimum Gasteiger partial charge on any atom is -0.350 e. The van der Waals surface area contributed by atoms with Crippen molar-refractivity contribution < 1.29 is 18.0 Å². The van der Waals surface area contributed by atoms with E-state index >= 15 is 0 Å². The number of nitrogens with zero attached hydrogens (tertiary/aromatic N) is 3. The third kappa shape index (κ3) is 4.82. The number of H-pyrrole nitrogens is 1. The van der Waals surface area contributed by atoms with E-state index in [9.17, 15) is 18.0 Å². The zero-order chi connectivity index (χ0) is 19.4. The average molecular weight is 396 g/mol. The Morgan fingerprint density at radius 3 is 2.63 bits per heavy atom. The van der Waals surface area contributed by atoms with Crippen molar-refractivity contribution >= 4 is 17.5 Å². The van der Waals surface area contributed by atoms with Gasteiger partial charge in [0.25, 0.3) is 5.91 Å². The molecule has 140 valence electrons. The average Bonchev–Trinajstić information content (AvgIpc) is 3.10. The molecule has 0 atom stereocenters. The number of carbonyl (C=O) groups excluding carboxylic acids is 1. The number of pyridine rings is 1. The SMILES string of the molecule is O=C(NCCc1nc(-c2ccc(Cl)cc2)n[nH]1)c1cc(C(F)(F)F)ccn1. The van der Waals surface area contributed by atoms with E-state index in [1.807, 2.05) is 0 Å². The predicted molar refractivity (Wildman–Crippen MR) is 92.1 cm³/mol. The van der Waals surface area contributed by atoms with Gasteiger partial charge in [0.2, 0.25) is 0 Å². The summed E-state index contributed by atoms with van der Waals surface area (Å²) < 4.78 is 38.0. The second kappa shape index (κ2) is 7.75. The maximum atomic E-state index is 12.7. The summed E-state index contributed by atoms with van der Waals surface area (Å²) in [7, 11) is 0. The molecule has 1 aromatic carbocycles. The maximum absolute atomic E-state index is 12.7. The lowest BCUT2D eigenvalue weighted by molar-refractivity contribution is -0.137. The molecule has 3 rings (SSSR count). The number of alkyl halides is 3. The highest BCUT2D eigenvalue weighted by atomic mass is 35.5. The van der Waals surface area contributed by atoms with Crippen molar-refractivity contribution in [2.24, 2.45) is 0 Å². The van der Waals surface area contributed by atoms with Gasteiger partial charge in [-0.3, -0.25) is 14.9 Å². The molecule has 0 bridgehead atoms. The zero-order valence-electron chi connectivity index (χ0n) is 13.7. The largest absolute Gasteiger partial charge is 0.416 e. The van der Waals surface area contributed by atoms with Crippen molar-refractivity contribution in [3.8, 4) is 11.4 Å². The molecule has 2 heterocycles. The summed E-state index contributed by atoms with van der Waals surface area (Å²) in [5, 5.41) is 9.94. The van der Waals surface area contributed by atoms with Gasteiger partial charge in [-0.25, -0.2) is 4.98 Å². The Hall–Kier alpha value is -2.94. The smallest absolute Gasteiger partial charge is 0.350 e. The molecule has 0 aliphatic heterocycles. The molecular formula is C17H13ClF3N5O. The Bertz CT molecular complexity index is 940. The van der Waals surface area contributed by atoms with Crippen molar-refractivity contribution in [2.45, 2.75) is 12.6 Å². The summed E-state index contributed by atoms with van der Waals surface area (Å²) in [5.41, 5.74) is -0.450. The third-order valence-electron chi connectivity index (χ3n) is 3.60. The molecule has 6 nitrogen and oxygen atoms in total. The normalized spacial score (nSPS) is 11.4. The van der Waals surface area contributed by atoms with Gasteiger partial charge in [-0.2, -0.15) is 18.3 Å². The highest BCUT2D eigenvalue weighted by Crippen LogP contribution is 2.28. The molecule has 0 spiro atoms. The van der Waals surface area contributed by atoms with Gasteiger partial charge in [0.1, 0.15) is 11.5 Å². The van der Waals surface area contributed by atoms with Crippen LogP contribution >= 0.6 is 11.6 Å². The van der Waals surface area contributed by atoms with E-state index in [-0.39, 0.29) is 12.2 Å². The Labute approximate surface area is 156 Å². The molecule has 1 amide bonds. The zero-order valence-corrected chi connectivity index (χ0v) is 14.5. The third-order valence-corrected chi connectivity index (χ3v) is 3.85. The number of aromatic amines is 1. The van der Waals surface area contributed by atoms with Gasteiger partial charge in [0, 0.05) is 29.7 Å². The Balaban J connectivity index is 1.57. The first kappa shape index (κ1) is 18.8. The van der Waals surface area contributed by atoms with Crippen LogP contribution < -0.4 is 5.32 Å². The standard InChI is InChI=1S/C17H13ClF3N5O/c18-12-3-1-10(2-4-12)15-24-14(25-26-15)6-8-23-16(27)13-9-11(5-7-22-13)17(19,20)21/h1-5,7,9H,6,8H2,(H,23,27)(H,24,25,26). The highest BCUT2D eigenvalue weighted by molar-refractivity contribution is 6.30. The Morgan fingerprint density at radius 2 is 1.93 bits per heavy atom. The van der Waals surface area contributed by atoms with E-state index in [0.717, 1.165) is 17.8 Å². The van der Waals surface area contributed by atoms with Crippen LogP contribution in [-0.4, -0.2) is 32.6 Å². The van der Waals surface area contributed by atoms with Crippen molar-refractivity contribution in [2.75, 3.05) is 6.54 Å². The summed E-state index contributed by atoms with van der Waals surface area (Å²) in [5.74, 6) is 0.309. The van der Waals surface area contributed by atoms with Gasteiger partial charge in [0.05, 0.1) is 5.56 Å². The molecule has 0 saturated carbocycles. The number of aromatic nitrogens is 4. The summed E-state index contributed by atoms with van der Waals surface area (Å²) in [6, 6.07) is 8.50. The van der Waals surface area contributed by atoms with E-state index in [4.69, 9.17) is 11.6 Å². The first-order chi connectivity index (χ1) is 12.8. The van der Waals surface area contributed by atoms with E-state index in [2.05, 4.69) is 25.5 Å². The minimum absolute atomic E-state index is 0.159. The number of rotatable bonds is 5. The number of amides is 1. The quantitative estimate of drug-likeness (QED) is 0.692. The summed E-state index contributed by atoms with van der Waals surface area (Å²) >= 11 is 5.83. The lowest BCUT2D eigenvalue weighted by Crippen LogP contribution is -2.27. The topological polar surface area (TPSA) is 83.6 Å². The van der Waals surface area contributed by atoms with Crippen LogP contribution in [0.15, 0.2) is 42.6 Å². The second-order valence-corrected chi connectivity index (χ2v) is 5.98. The van der Waals surface area contributed by atoms with Gasteiger partial charge < -0.3 is 5.32 Å². The molecule has 0 aliphatic carbocycles. The Kier molecular flexibility index (Phi) is 5.41. The molecular weight excluding hydrogens is 383 g/mol. The van der Waals surface area contributed by atoms with Crippen LogP contribution in [0, 0.1) is 0 Å². The van der Waals surface area contributed by atoms with Crippen LogP contribution in [0.5, 0.6) is 0 Å². The number of benzene rings is 1. The number of hydrogen-bond donors (Lipinski definition) is 2. The van der Waals surface area contributed by atoms with Crippen molar-refractivity contribution in [3.05, 3.63) is 64.7 Å². The van der Waals surface area contributed by atoms with Gasteiger partial charge in [-0.15, -0.1) is 0 Å². The maximum Gasteiger partial charge on any atom is 0.416 e. The van der Waals surface area contributed by atoms with E-state index < -0.39 is 17.6 Å².